The van der Waals surface area contributed by atoms with Crippen molar-refractivity contribution in [1.82, 2.24) is 20.5 Å². The second-order valence-electron chi connectivity index (χ2n) is 4.94. The van der Waals surface area contributed by atoms with E-state index in [4.69, 9.17) is 4.42 Å². The number of rotatable bonds is 6. The van der Waals surface area contributed by atoms with Crippen LogP contribution in [0.15, 0.2) is 28.2 Å². The first-order valence-electron chi connectivity index (χ1n) is 6.69. The van der Waals surface area contributed by atoms with E-state index < -0.39 is 0 Å². The molecule has 0 spiro atoms. The minimum Gasteiger partial charge on any atom is -0.468 e. The first kappa shape index (κ1) is 15.5. The number of carbonyl (C=O) groups is 1. The Morgan fingerprint density at radius 2 is 2.29 bits per heavy atom. The Hall–Kier alpha value is -1.86. The first-order chi connectivity index (χ1) is 10.1. The Bertz CT molecular complexity index is 565. The third-order valence-electron chi connectivity index (χ3n) is 3.02. The molecule has 1 atom stereocenters. The van der Waals surface area contributed by atoms with E-state index >= 15 is 0 Å². The lowest BCUT2D eigenvalue weighted by Crippen LogP contribution is -2.40. The highest BCUT2D eigenvalue weighted by molar-refractivity contribution is 7.09. The molecular weight excluding hydrogens is 288 g/mol. The Morgan fingerprint density at radius 3 is 2.86 bits per heavy atom. The van der Waals surface area contributed by atoms with Crippen molar-refractivity contribution < 1.29 is 9.21 Å². The summed E-state index contributed by atoms with van der Waals surface area (Å²) in [4.78, 5) is 18.1. The summed E-state index contributed by atoms with van der Waals surface area (Å²) >= 11 is 1.54. The van der Waals surface area contributed by atoms with Gasteiger partial charge in [0, 0.05) is 17.6 Å². The highest BCUT2D eigenvalue weighted by atomic mass is 32.1. The molecule has 21 heavy (non-hydrogen) atoms. The summed E-state index contributed by atoms with van der Waals surface area (Å²) in [6, 6.07) is 3.55. The summed E-state index contributed by atoms with van der Waals surface area (Å²) in [6.07, 6.45) is 1.64. The Balaban J connectivity index is 1.79. The number of aryl methyl sites for hydroxylation is 1. The maximum absolute atomic E-state index is 11.8. The van der Waals surface area contributed by atoms with Crippen LogP contribution in [0.25, 0.3) is 0 Å². The fraction of sp³-hybridized carbons (Fsp3) is 0.429. The second-order valence-corrected chi connectivity index (χ2v) is 5.88. The van der Waals surface area contributed by atoms with Gasteiger partial charge < -0.3 is 15.1 Å². The lowest BCUT2D eigenvalue weighted by Gasteiger charge is -2.22. The molecule has 0 unspecified atom stereocenters. The topological polar surface area (TPSA) is 70.4 Å². The number of aromatic nitrogens is 1. The summed E-state index contributed by atoms with van der Waals surface area (Å²) in [6.45, 7) is 2.85. The van der Waals surface area contributed by atoms with Crippen LogP contribution in [0.3, 0.4) is 0 Å². The molecule has 0 radical (unpaired) electrons. The molecule has 0 aliphatic heterocycles. The van der Waals surface area contributed by atoms with Crippen LogP contribution in [0, 0.1) is 6.92 Å². The van der Waals surface area contributed by atoms with Crippen molar-refractivity contribution in [2.45, 2.75) is 19.5 Å². The molecule has 0 aromatic carbocycles. The maximum atomic E-state index is 11.8. The zero-order valence-electron chi connectivity index (χ0n) is 12.4. The summed E-state index contributed by atoms with van der Waals surface area (Å²) in [5.41, 5.74) is 0.975. The number of nitrogens with zero attached hydrogens (tertiary/aromatic N) is 2. The lowest BCUT2D eigenvalue weighted by atomic mass is 10.2. The average molecular weight is 308 g/mol. The number of thiazole rings is 1. The molecule has 114 valence electrons. The number of furan rings is 1. The molecule has 0 saturated heterocycles. The van der Waals surface area contributed by atoms with Gasteiger partial charge in [0.15, 0.2) is 0 Å². The normalized spacial score (nSPS) is 12.4. The third kappa shape index (κ3) is 4.57. The fourth-order valence-corrected chi connectivity index (χ4v) is 2.62. The van der Waals surface area contributed by atoms with E-state index in [-0.39, 0.29) is 12.1 Å². The van der Waals surface area contributed by atoms with Gasteiger partial charge in [-0.2, -0.15) is 0 Å². The van der Waals surface area contributed by atoms with E-state index in [1.54, 1.807) is 17.6 Å². The Labute approximate surface area is 128 Å². The van der Waals surface area contributed by atoms with Crippen molar-refractivity contribution in [2.24, 2.45) is 0 Å². The number of carbonyl (C=O) groups excluding carboxylic acids is 1. The van der Waals surface area contributed by atoms with Crippen LogP contribution in [-0.4, -0.2) is 36.6 Å². The van der Waals surface area contributed by atoms with Crippen LogP contribution < -0.4 is 10.6 Å². The summed E-state index contributed by atoms with van der Waals surface area (Å²) in [5.74, 6) is 0.829. The van der Waals surface area contributed by atoms with E-state index in [1.807, 2.05) is 43.4 Å². The molecule has 2 N–H and O–H groups in total. The van der Waals surface area contributed by atoms with Gasteiger partial charge >= 0.3 is 6.03 Å². The van der Waals surface area contributed by atoms with Crippen LogP contribution >= 0.6 is 11.3 Å². The van der Waals surface area contributed by atoms with E-state index in [1.165, 1.54) is 0 Å². The van der Waals surface area contributed by atoms with Gasteiger partial charge in [-0.05, 0) is 33.2 Å². The second kappa shape index (κ2) is 7.24. The molecule has 2 rings (SSSR count). The average Bonchev–Trinajstić information content (AvgIpc) is 3.08. The van der Waals surface area contributed by atoms with Crippen molar-refractivity contribution >= 4 is 17.4 Å². The molecule has 0 aliphatic rings. The van der Waals surface area contributed by atoms with Crippen LogP contribution in [0.1, 0.15) is 22.5 Å². The molecule has 2 amide bonds. The van der Waals surface area contributed by atoms with Crippen LogP contribution in [0.4, 0.5) is 4.79 Å². The molecule has 2 aromatic rings. The lowest BCUT2D eigenvalue weighted by molar-refractivity contribution is 0.225. The standard InChI is InChI=1S/C14H20N4O2S/c1-10-9-21-13(17-10)8-16-14(19)15-7-11(18(2)3)12-5-4-6-20-12/h4-6,9,11H,7-8H2,1-3H3,(H2,15,16,19)/t11-/m0/s1. The fourth-order valence-electron chi connectivity index (χ4n) is 1.91. The summed E-state index contributed by atoms with van der Waals surface area (Å²) in [5, 5.41) is 8.52. The molecule has 6 nitrogen and oxygen atoms in total. The molecule has 0 saturated carbocycles. The van der Waals surface area contributed by atoms with E-state index in [0.29, 0.717) is 13.1 Å². The van der Waals surface area contributed by atoms with Gasteiger partial charge in [0.2, 0.25) is 0 Å². The van der Waals surface area contributed by atoms with Crippen LogP contribution in [0.5, 0.6) is 0 Å². The predicted molar refractivity (Wildman–Crippen MR) is 82.2 cm³/mol. The quantitative estimate of drug-likeness (QED) is 0.858. The first-order valence-corrected chi connectivity index (χ1v) is 7.56. The monoisotopic (exact) mass is 308 g/mol. The van der Waals surface area contributed by atoms with Crippen molar-refractivity contribution in [3.63, 3.8) is 0 Å². The number of urea groups is 1. The maximum Gasteiger partial charge on any atom is 0.315 e. The van der Waals surface area contributed by atoms with Crippen molar-refractivity contribution in [1.29, 1.82) is 0 Å². The molecule has 0 bridgehead atoms. The van der Waals surface area contributed by atoms with Gasteiger partial charge in [-0.1, -0.05) is 0 Å². The molecule has 2 heterocycles. The van der Waals surface area contributed by atoms with Crippen molar-refractivity contribution in [2.75, 3.05) is 20.6 Å². The molecule has 0 fully saturated rings. The highest BCUT2D eigenvalue weighted by Gasteiger charge is 2.17. The van der Waals surface area contributed by atoms with Crippen molar-refractivity contribution in [3.8, 4) is 0 Å². The molecular formula is C14H20N4O2S. The smallest absolute Gasteiger partial charge is 0.315 e. The van der Waals surface area contributed by atoms with Gasteiger partial charge in [0.25, 0.3) is 0 Å². The predicted octanol–water partition coefficient (Wildman–Crippen LogP) is 2.15. The highest BCUT2D eigenvalue weighted by Crippen LogP contribution is 2.17. The Morgan fingerprint density at radius 1 is 1.48 bits per heavy atom. The SMILES string of the molecule is Cc1csc(CNC(=O)NC[C@@H](c2ccco2)N(C)C)n1. The number of hydrogen-bond acceptors (Lipinski definition) is 5. The third-order valence-corrected chi connectivity index (χ3v) is 3.98. The van der Waals surface area contributed by atoms with Gasteiger partial charge in [-0.25, -0.2) is 9.78 Å². The van der Waals surface area contributed by atoms with Crippen LogP contribution in [0.2, 0.25) is 0 Å². The molecule has 0 aliphatic carbocycles. The Kier molecular flexibility index (Phi) is 5.35. The largest absolute Gasteiger partial charge is 0.468 e. The zero-order chi connectivity index (χ0) is 15.2. The van der Waals surface area contributed by atoms with E-state index in [2.05, 4.69) is 15.6 Å². The molecule has 2 aromatic heterocycles. The van der Waals surface area contributed by atoms with Gasteiger partial charge in [-0.3, -0.25) is 4.90 Å². The van der Waals surface area contributed by atoms with Crippen molar-refractivity contribution in [3.05, 3.63) is 40.2 Å². The number of amides is 2. The molecule has 7 heteroatoms. The minimum atomic E-state index is -0.207. The summed E-state index contributed by atoms with van der Waals surface area (Å²) in [7, 11) is 3.90. The minimum absolute atomic E-state index is 0.00728. The number of likely N-dealkylation sites (N-methyl/N-ethyl adjacent to an activating group) is 1. The zero-order valence-corrected chi connectivity index (χ0v) is 13.2. The van der Waals surface area contributed by atoms with Gasteiger partial charge in [-0.15, -0.1) is 11.3 Å². The van der Waals surface area contributed by atoms with Crippen LogP contribution in [-0.2, 0) is 6.54 Å². The van der Waals surface area contributed by atoms with Gasteiger partial charge in [0.05, 0.1) is 18.8 Å². The summed E-state index contributed by atoms with van der Waals surface area (Å²) < 4.78 is 5.40. The van der Waals surface area contributed by atoms with E-state index in [0.717, 1.165) is 16.5 Å². The van der Waals surface area contributed by atoms with Gasteiger partial charge in [0.1, 0.15) is 10.8 Å². The number of hydrogen-bond donors (Lipinski definition) is 2. The number of nitrogens with one attached hydrogen (secondary N) is 2. The van der Waals surface area contributed by atoms with E-state index in [9.17, 15) is 4.79 Å².